The average molecular weight is 200 g/mol. The molecular weight excluding hydrogens is 180 g/mol. The van der Waals surface area contributed by atoms with E-state index >= 15 is 0 Å². The number of aliphatic hydroxyl groups is 2. The first-order valence-corrected chi connectivity index (χ1v) is 5.27. The molecule has 0 heterocycles. The zero-order valence-corrected chi connectivity index (χ0v) is 9.27. The Morgan fingerprint density at radius 1 is 1.07 bits per heavy atom. The molecule has 3 heteroatoms. The lowest BCUT2D eigenvalue weighted by molar-refractivity contribution is -0.130. The molecule has 0 aromatic rings. The number of hydrogen-bond acceptors (Lipinski definition) is 3. The van der Waals surface area contributed by atoms with E-state index in [-0.39, 0.29) is 23.5 Å². The van der Waals surface area contributed by atoms with Gasteiger partial charge in [-0.05, 0) is 11.8 Å². The number of carbonyl (C=O) groups is 1. The zero-order valence-electron chi connectivity index (χ0n) is 9.27. The Morgan fingerprint density at radius 2 is 1.57 bits per heavy atom. The lowest BCUT2D eigenvalue weighted by Crippen LogP contribution is -2.30. The maximum atomic E-state index is 11.7. The van der Waals surface area contributed by atoms with Crippen molar-refractivity contribution in [3.63, 3.8) is 0 Å². The second-order valence-corrected chi connectivity index (χ2v) is 4.93. The van der Waals surface area contributed by atoms with E-state index in [1.54, 1.807) is 0 Å². The molecule has 14 heavy (non-hydrogen) atoms. The van der Waals surface area contributed by atoms with Crippen LogP contribution in [0.5, 0.6) is 0 Å². The number of rotatable bonds is 2. The standard InChI is InChI=1S/C11H20O3/c1-5(2)7-9(12)8(6(3)4)11(14)10(7)13/h5-10,12-13H,1-4H3. The second-order valence-electron chi connectivity index (χ2n) is 4.93. The van der Waals surface area contributed by atoms with Crippen molar-refractivity contribution < 1.29 is 15.0 Å². The molecule has 1 fully saturated rings. The van der Waals surface area contributed by atoms with Gasteiger partial charge in [0.25, 0.3) is 0 Å². The molecule has 0 amide bonds. The molecule has 2 N–H and O–H groups in total. The molecule has 1 saturated carbocycles. The molecule has 4 unspecified atom stereocenters. The fourth-order valence-electron chi connectivity index (χ4n) is 2.46. The van der Waals surface area contributed by atoms with Crippen LogP contribution in [-0.4, -0.2) is 28.2 Å². The van der Waals surface area contributed by atoms with Gasteiger partial charge in [0.15, 0.2) is 5.78 Å². The van der Waals surface area contributed by atoms with E-state index in [4.69, 9.17) is 0 Å². The van der Waals surface area contributed by atoms with Gasteiger partial charge in [0.2, 0.25) is 0 Å². The summed E-state index contributed by atoms with van der Waals surface area (Å²) < 4.78 is 0. The van der Waals surface area contributed by atoms with Gasteiger partial charge in [-0.1, -0.05) is 27.7 Å². The van der Waals surface area contributed by atoms with Gasteiger partial charge >= 0.3 is 0 Å². The molecular formula is C11H20O3. The summed E-state index contributed by atoms with van der Waals surface area (Å²) in [7, 11) is 0. The largest absolute Gasteiger partial charge is 0.392 e. The normalized spacial score (nSPS) is 38.7. The molecule has 4 atom stereocenters. The summed E-state index contributed by atoms with van der Waals surface area (Å²) in [4.78, 5) is 11.7. The highest BCUT2D eigenvalue weighted by Crippen LogP contribution is 2.37. The maximum Gasteiger partial charge on any atom is 0.167 e. The van der Waals surface area contributed by atoms with Crippen molar-refractivity contribution in [2.75, 3.05) is 0 Å². The van der Waals surface area contributed by atoms with Gasteiger partial charge in [-0.15, -0.1) is 0 Å². The highest BCUT2D eigenvalue weighted by atomic mass is 16.3. The van der Waals surface area contributed by atoms with Gasteiger partial charge in [0, 0.05) is 11.8 Å². The smallest absolute Gasteiger partial charge is 0.167 e. The molecule has 0 aromatic carbocycles. The predicted octanol–water partition coefficient (Wildman–Crippen LogP) is 0.835. The Labute approximate surface area is 85.1 Å². The summed E-state index contributed by atoms with van der Waals surface area (Å²) in [5.74, 6) is -0.651. The Bertz CT molecular complexity index is 223. The minimum Gasteiger partial charge on any atom is -0.392 e. The number of aliphatic hydroxyl groups excluding tert-OH is 2. The van der Waals surface area contributed by atoms with Gasteiger partial charge in [-0.2, -0.15) is 0 Å². The van der Waals surface area contributed by atoms with Gasteiger partial charge in [-0.25, -0.2) is 0 Å². The van der Waals surface area contributed by atoms with Crippen molar-refractivity contribution in [2.24, 2.45) is 23.7 Å². The first-order valence-electron chi connectivity index (χ1n) is 5.27. The highest BCUT2D eigenvalue weighted by Gasteiger charge is 2.50. The minimum atomic E-state index is -0.975. The third-order valence-corrected chi connectivity index (χ3v) is 3.23. The van der Waals surface area contributed by atoms with Crippen LogP contribution < -0.4 is 0 Å². The van der Waals surface area contributed by atoms with Crippen LogP contribution in [-0.2, 0) is 4.79 Å². The molecule has 82 valence electrons. The lowest BCUT2D eigenvalue weighted by Gasteiger charge is -2.23. The lowest BCUT2D eigenvalue weighted by atomic mass is 9.86. The van der Waals surface area contributed by atoms with Crippen LogP contribution in [0.4, 0.5) is 0 Å². The quantitative estimate of drug-likeness (QED) is 0.694. The number of hydrogen-bond donors (Lipinski definition) is 2. The summed E-state index contributed by atoms with van der Waals surface area (Å²) in [5.41, 5.74) is 0. The first-order chi connectivity index (χ1) is 6.37. The SMILES string of the molecule is CC(C)C1C(=O)C(O)C(C(C)C)C1O. The van der Waals surface area contributed by atoms with E-state index in [1.807, 2.05) is 27.7 Å². The van der Waals surface area contributed by atoms with Crippen LogP contribution in [0.2, 0.25) is 0 Å². The molecule has 0 saturated heterocycles. The topological polar surface area (TPSA) is 57.5 Å². The third-order valence-electron chi connectivity index (χ3n) is 3.23. The van der Waals surface area contributed by atoms with Crippen molar-refractivity contribution in [1.82, 2.24) is 0 Å². The number of Topliss-reactive ketones (excluding diaryl/α,β-unsaturated/α-hetero) is 1. The highest BCUT2D eigenvalue weighted by molar-refractivity contribution is 5.88. The fourth-order valence-corrected chi connectivity index (χ4v) is 2.46. The molecule has 0 aromatic heterocycles. The summed E-state index contributed by atoms with van der Waals surface area (Å²) in [6, 6.07) is 0. The Morgan fingerprint density at radius 3 is 1.79 bits per heavy atom. The van der Waals surface area contributed by atoms with E-state index < -0.39 is 18.1 Å². The second kappa shape index (κ2) is 3.99. The van der Waals surface area contributed by atoms with Gasteiger partial charge < -0.3 is 10.2 Å². The first kappa shape index (κ1) is 11.7. The van der Waals surface area contributed by atoms with Gasteiger partial charge in [-0.3, -0.25) is 4.79 Å². The van der Waals surface area contributed by atoms with Crippen molar-refractivity contribution in [3.8, 4) is 0 Å². The van der Waals surface area contributed by atoms with E-state index in [2.05, 4.69) is 0 Å². The summed E-state index contributed by atoms with van der Waals surface area (Å²) in [6.45, 7) is 7.66. The number of carbonyl (C=O) groups excluding carboxylic acids is 1. The Balaban J connectivity index is 2.91. The monoisotopic (exact) mass is 200 g/mol. The van der Waals surface area contributed by atoms with Gasteiger partial charge in [0.1, 0.15) is 6.10 Å². The molecule has 0 spiro atoms. The predicted molar refractivity (Wildman–Crippen MR) is 53.7 cm³/mol. The molecule has 3 nitrogen and oxygen atoms in total. The van der Waals surface area contributed by atoms with Crippen molar-refractivity contribution >= 4 is 5.78 Å². The van der Waals surface area contributed by atoms with Gasteiger partial charge in [0.05, 0.1) is 6.10 Å². The van der Waals surface area contributed by atoms with Crippen molar-refractivity contribution in [2.45, 2.75) is 39.9 Å². The van der Waals surface area contributed by atoms with Crippen LogP contribution in [0.3, 0.4) is 0 Å². The van der Waals surface area contributed by atoms with E-state index in [1.165, 1.54) is 0 Å². The zero-order chi connectivity index (χ0) is 11.0. The van der Waals surface area contributed by atoms with E-state index in [0.29, 0.717) is 0 Å². The van der Waals surface area contributed by atoms with Crippen LogP contribution in [0.25, 0.3) is 0 Å². The van der Waals surface area contributed by atoms with E-state index in [9.17, 15) is 15.0 Å². The average Bonchev–Trinajstić information content (AvgIpc) is 2.23. The summed E-state index contributed by atoms with van der Waals surface area (Å²) >= 11 is 0. The molecule has 1 aliphatic rings. The summed E-state index contributed by atoms with van der Waals surface area (Å²) in [5, 5.41) is 19.7. The maximum absolute atomic E-state index is 11.7. The fraction of sp³-hybridized carbons (Fsp3) is 0.909. The van der Waals surface area contributed by atoms with Crippen LogP contribution in [0.15, 0.2) is 0 Å². The Kier molecular flexibility index (Phi) is 3.32. The minimum absolute atomic E-state index is 0.0934. The summed E-state index contributed by atoms with van der Waals surface area (Å²) in [6.07, 6.45) is -1.66. The molecule has 1 rings (SSSR count). The Hall–Kier alpha value is -0.410. The molecule has 0 radical (unpaired) electrons. The van der Waals surface area contributed by atoms with Crippen LogP contribution >= 0.6 is 0 Å². The van der Waals surface area contributed by atoms with Crippen molar-refractivity contribution in [3.05, 3.63) is 0 Å². The van der Waals surface area contributed by atoms with E-state index in [0.717, 1.165) is 0 Å². The third kappa shape index (κ3) is 1.71. The van der Waals surface area contributed by atoms with Crippen LogP contribution in [0, 0.1) is 23.7 Å². The number of ketones is 1. The molecule has 1 aliphatic carbocycles. The molecule has 0 aliphatic heterocycles. The van der Waals surface area contributed by atoms with Crippen LogP contribution in [0.1, 0.15) is 27.7 Å². The molecule has 0 bridgehead atoms. The van der Waals surface area contributed by atoms with Crippen molar-refractivity contribution in [1.29, 1.82) is 0 Å².